The first-order valence-corrected chi connectivity index (χ1v) is 5.31. The van der Waals surface area contributed by atoms with Gasteiger partial charge in [0.05, 0.1) is 14.9 Å². The van der Waals surface area contributed by atoms with Gasteiger partial charge in [-0.25, -0.2) is 0 Å². The van der Waals surface area contributed by atoms with Crippen LogP contribution < -0.4 is 0 Å². The number of hydrogen-bond acceptors (Lipinski definition) is 0. The van der Waals surface area contributed by atoms with E-state index in [1.54, 1.807) is 0 Å². The van der Waals surface area contributed by atoms with Gasteiger partial charge in [-0.05, 0) is 0 Å². The molecule has 0 spiro atoms. The zero-order chi connectivity index (χ0) is 8.53. The predicted molar refractivity (Wildman–Crippen MR) is 58.4 cm³/mol. The molecule has 2 heteroatoms. The van der Waals surface area contributed by atoms with Gasteiger partial charge < -0.3 is 0 Å². The third-order valence-electron chi connectivity index (χ3n) is 2.33. The molecule has 1 atom stereocenters. The lowest BCUT2D eigenvalue weighted by Crippen LogP contribution is -1.99. The van der Waals surface area contributed by atoms with Crippen molar-refractivity contribution >= 4 is 14.9 Å². The number of rotatable bonds is 7. The normalized spacial score (nSPS) is 12.9. The maximum absolute atomic E-state index is 2.38. The lowest BCUT2D eigenvalue weighted by Gasteiger charge is -2.08. The van der Waals surface area contributed by atoms with E-state index in [2.05, 4.69) is 21.6 Å². The van der Waals surface area contributed by atoms with Crippen molar-refractivity contribution in [1.82, 2.24) is 0 Å². The Balaban J connectivity index is 2.97. The Morgan fingerprint density at radius 3 is 2.55 bits per heavy atom. The van der Waals surface area contributed by atoms with Crippen molar-refractivity contribution in [2.24, 2.45) is 5.92 Å². The topological polar surface area (TPSA) is 0 Å². The van der Waals surface area contributed by atoms with Gasteiger partial charge >= 0.3 is 0 Å². The average Bonchev–Trinajstić information content (AvgIpc) is 1.99. The summed E-state index contributed by atoms with van der Waals surface area (Å²) in [5, 5.41) is 0. The zero-order valence-electron chi connectivity index (χ0n) is 8.53. The van der Waals surface area contributed by atoms with E-state index in [-0.39, 0.29) is 0 Å². The molecule has 0 aromatic heterocycles. The average molecular weight is 152 g/mol. The molecule has 0 bridgehead atoms. The molecule has 64 valence electrons. The molecule has 0 nitrogen and oxygen atoms in total. The van der Waals surface area contributed by atoms with Crippen LogP contribution in [0.15, 0.2) is 0 Å². The van der Waals surface area contributed by atoms with Gasteiger partial charge in [0.1, 0.15) is 0 Å². The second-order valence-electron chi connectivity index (χ2n) is 3.74. The van der Waals surface area contributed by atoms with Gasteiger partial charge in [-0.15, -0.1) is 0 Å². The van der Waals surface area contributed by atoms with Gasteiger partial charge in [-0.2, -0.15) is 0 Å². The molecule has 0 rings (SSSR count). The van der Waals surface area contributed by atoms with Crippen LogP contribution >= 0.6 is 0 Å². The molecular formula is C9H22B2. The van der Waals surface area contributed by atoms with E-state index >= 15 is 0 Å². The highest BCUT2D eigenvalue weighted by atomic mass is 14.0. The van der Waals surface area contributed by atoms with Crippen molar-refractivity contribution in [1.29, 1.82) is 0 Å². The highest BCUT2D eigenvalue weighted by Crippen LogP contribution is 2.12. The molecular weight excluding hydrogens is 130 g/mol. The van der Waals surface area contributed by atoms with Crippen LogP contribution in [0.4, 0.5) is 0 Å². The number of unbranched alkanes of at least 4 members (excludes halogenated alkanes) is 3. The first-order chi connectivity index (χ1) is 5.31. The first-order valence-electron chi connectivity index (χ1n) is 5.31. The SMILES string of the molecule is BBC[C@H](C)CCCCCC. The summed E-state index contributed by atoms with van der Waals surface area (Å²) in [6, 6.07) is 0. The largest absolute Gasteiger partial charge is 0.0825 e. The van der Waals surface area contributed by atoms with Crippen LogP contribution in [0, 0.1) is 5.92 Å². The summed E-state index contributed by atoms with van der Waals surface area (Å²) < 4.78 is 0. The molecule has 0 aliphatic carbocycles. The summed E-state index contributed by atoms with van der Waals surface area (Å²) in [6.45, 7) is 4.66. The smallest absolute Gasteiger partial charge is 0.0824 e. The molecule has 0 saturated heterocycles. The molecule has 0 aromatic carbocycles. The summed E-state index contributed by atoms with van der Waals surface area (Å²) >= 11 is 0. The third kappa shape index (κ3) is 8.03. The second kappa shape index (κ2) is 8.23. The predicted octanol–water partition coefficient (Wildman–Crippen LogP) is 2.00. The van der Waals surface area contributed by atoms with Gasteiger partial charge in [0.25, 0.3) is 0 Å². The van der Waals surface area contributed by atoms with Crippen molar-refractivity contribution in [2.45, 2.75) is 52.3 Å². The zero-order valence-corrected chi connectivity index (χ0v) is 8.53. The molecule has 0 radical (unpaired) electrons. The van der Waals surface area contributed by atoms with Crippen molar-refractivity contribution in [3.8, 4) is 0 Å². The van der Waals surface area contributed by atoms with Gasteiger partial charge in [0.15, 0.2) is 0 Å². The fourth-order valence-corrected chi connectivity index (χ4v) is 1.56. The molecule has 0 fully saturated rings. The summed E-state index contributed by atoms with van der Waals surface area (Å²) in [6.07, 6.45) is 8.57. The van der Waals surface area contributed by atoms with E-state index in [0.29, 0.717) is 0 Å². The minimum atomic E-state index is 0.969. The summed E-state index contributed by atoms with van der Waals surface area (Å²) in [5.74, 6) is 0.969. The van der Waals surface area contributed by atoms with E-state index < -0.39 is 0 Å². The summed E-state index contributed by atoms with van der Waals surface area (Å²) in [5.41, 5.74) is 0. The minimum absolute atomic E-state index is 0.969. The highest BCUT2D eigenvalue weighted by Gasteiger charge is 1.99. The first kappa shape index (κ1) is 11.1. The van der Waals surface area contributed by atoms with E-state index in [1.165, 1.54) is 45.6 Å². The van der Waals surface area contributed by atoms with E-state index in [4.69, 9.17) is 0 Å². The molecule has 0 amide bonds. The molecule has 0 aliphatic heterocycles. The third-order valence-corrected chi connectivity index (χ3v) is 2.33. The quantitative estimate of drug-likeness (QED) is 0.386. The Kier molecular flexibility index (Phi) is 8.33. The highest BCUT2D eigenvalue weighted by molar-refractivity contribution is 6.89. The van der Waals surface area contributed by atoms with Crippen molar-refractivity contribution in [3.63, 3.8) is 0 Å². The van der Waals surface area contributed by atoms with Crippen LogP contribution in [0.2, 0.25) is 6.32 Å². The summed E-state index contributed by atoms with van der Waals surface area (Å²) in [7, 11) is 3.64. The van der Waals surface area contributed by atoms with Crippen LogP contribution in [-0.4, -0.2) is 14.9 Å². The maximum atomic E-state index is 2.38. The standard InChI is InChI=1S/C9H22B2/c1-3-4-5-6-7-9(2)8-11-10/h9,11H,3-8,10H2,1-2H3/t9-/m1/s1. The molecule has 0 N–H and O–H groups in total. The second-order valence-corrected chi connectivity index (χ2v) is 3.74. The van der Waals surface area contributed by atoms with Crippen LogP contribution in [-0.2, 0) is 0 Å². The van der Waals surface area contributed by atoms with Gasteiger partial charge in [-0.1, -0.05) is 58.2 Å². The fourth-order valence-electron chi connectivity index (χ4n) is 1.56. The van der Waals surface area contributed by atoms with Crippen molar-refractivity contribution in [2.75, 3.05) is 0 Å². The molecule has 0 saturated carbocycles. The monoisotopic (exact) mass is 152 g/mol. The molecule has 0 aliphatic rings. The van der Waals surface area contributed by atoms with Crippen LogP contribution in [0.1, 0.15) is 46.0 Å². The van der Waals surface area contributed by atoms with Gasteiger partial charge in [0.2, 0.25) is 0 Å². The van der Waals surface area contributed by atoms with Crippen LogP contribution in [0.3, 0.4) is 0 Å². The van der Waals surface area contributed by atoms with Crippen molar-refractivity contribution in [3.05, 3.63) is 0 Å². The van der Waals surface area contributed by atoms with Crippen LogP contribution in [0.5, 0.6) is 0 Å². The molecule has 0 heterocycles. The van der Waals surface area contributed by atoms with Gasteiger partial charge in [-0.3, -0.25) is 0 Å². The lowest BCUT2D eigenvalue weighted by molar-refractivity contribution is 0.524. The summed E-state index contributed by atoms with van der Waals surface area (Å²) in [4.78, 5) is 0. The number of hydrogen-bond donors (Lipinski definition) is 0. The Labute approximate surface area is 73.8 Å². The van der Waals surface area contributed by atoms with E-state index in [0.717, 1.165) is 5.92 Å². The van der Waals surface area contributed by atoms with E-state index in [1.807, 2.05) is 0 Å². The Morgan fingerprint density at radius 2 is 2.00 bits per heavy atom. The Bertz CT molecular complexity index is 74.0. The van der Waals surface area contributed by atoms with Gasteiger partial charge in [0, 0.05) is 0 Å². The van der Waals surface area contributed by atoms with E-state index in [9.17, 15) is 0 Å². The van der Waals surface area contributed by atoms with Crippen molar-refractivity contribution < 1.29 is 0 Å². The fraction of sp³-hybridized carbons (Fsp3) is 1.00. The maximum Gasteiger partial charge on any atom is 0.0825 e. The Hall–Kier alpha value is 0.130. The Morgan fingerprint density at radius 1 is 1.27 bits per heavy atom. The van der Waals surface area contributed by atoms with Crippen LogP contribution in [0.25, 0.3) is 0 Å². The molecule has 0 aromatic rings. The minimum Gasteiger partial charge on any atom is -0.0824 e. The molecule has 11 heavy (non-hydrogen) atoms. The molecule has 0 unspecified atom stereocenters. The lowest BCUT2D eigenvalue weighted by atomic mass is 9.51.